The molecule has 0 atom stereocenters. The Bertz CT molecular complexity index is 238. The lowest BCUT2D eigenvalue weighted by atomic mass is 10.2. The molecule has 0 nitrogen and oxygen atoms in total. The minimum atomic E-state index is 1.12. The van der Waals surface area contributed by atoms with Crippen LogP contribution in [0.25, 0.3) is 6.08 Å². The highest BCUT2D eigenvalue weighted by Crippen LogP contribution is 2.12. The second-order valence-corrected chi connectivity index (χ2v) is 3.75. The zero-order valence-electron chi connectivity index (χ0n) is 6.25. The van der Waals surface area contributed by atoms with Crippen LogP contribution >= 0.6 is 27.7 Å². The van der Waals surface area contributed by atoms with Gasteiger partial charge in [0.25, 0.3) is 0 Å². The monoisotopic (exact) mass is 228 g/mol. The molecule has 0 saturated heterocycles. The zero-order valence-corrected chi connectivity index (χ0v) is 8.65. The Morgan fingerprint density at radius 1 is 1.27 bits per heavy atom. The second kappa shape index (κ2) is 4.62. The van der Waals surface area contributed by atoms with Crippen LogP contribution in [0.4, 0.5) is 0 Å². The van der Waals surface area contributed by atoms with Crippen LogP contribution in [0.5, 0.6) is 0 Å². The summed E-state index contributed by atoms with van der Waals surface area (Å²) in [7, 11) is 0. The van der Waals surface area contributed by atoms with Gasteiger partial charge in [0.1, 0.15) is 0 Å². The van der Waals surface area contributed by atoms with E-state index in [9.17, 15) is 0 Å². The third-order valence-electron chi connectivity index (χ3n) is 1.27. The van der Waals surface area contributed by atoms with Crippen LogP contribution < -0.4 is 0 Å². The van der Waals surface area contributed by atoms with E-state index in [-0.39, 0.29) is 0 Å². The molecule has 0 amide bonds. The van der Waals surface area contributed by atoms with Crippen molar-refractivity contribution in [1.82, 2.24) is 0 Å². The molecule has 1 aromatic rings. The molecule has 0 aliphatic carbocycles. The predicted octanol–water partition coefficient (Wildman–Crippen LogP) is 3.78. The molecule has 0 heterocycles. The van der Waals surface area contributed by atoms with Crippen molar-refractivity contribution in [2.45, 2.75) is 0 Å². The van der Waals surface area contributed by atoms with Crippen molar-refractivity contribution in [3.63, 3.8) is 0 Å². The Labute approximate surface area is 79.8 Å². The number of halogens is 1. The molecule has 1 aromatic carbocycles. The number of hydrogen-bond donors (Lipinski definition) is 0. The number of benzene rings is 1. The normalized spacial score (nSPS) is 10.7. The molecular weight excluding hydrogens is 220 g/mol. The number of hydrogen-bond acceptors (Lipinski definition) is 1. The average Bonchev–Trinajstić information content (AvgIpc) is 2.04. The molecule has 0 bridgehead atoms. The molecule has 0 saturated carbocycles. The van der Waals surface area contributed by atoms with E-state index in [4.69, 9.17) is 0 Å². The van der Waals surface area contributed by atoms with E-state index in [2.05, 4.69) is 45.8 Å². The minimum absolute atomic E-state index is 1.12. The first-order valence-electron chi connectivity index (χ1n) is 3.28. The summed E-state index contributed by atoms with van der Waals surface area (Å²) < 4.78 is 1.12. The Morgan fingerprint density at radius 3 is 2.45 bits per heavy atom. The average molecular weight is 229 g/mol. The van der Waals surface area contributed by atoms with Crippen LogP contribution in [0.2, 0.25) is 0 Å². The maximum absolute atomic E-state index is 3.38. The quantitative estimate of drug-likeness (QED) is 0.743. The van der Waals surface area contributed by atoms with E-state index < -0.39 is 0 Å². The minimum Gasteiger partial charge on any atom is -0.138 e. The Balaban J connectivity index is 2.73. The first kappa shape index (κ1) is 8.88. The van der Waals surface area contributed by atoms with E-state index in [1.807, 2.05) is 12.1 Å². The maximum Gasteiger partial charge on any atom is 0.0175 e. The molecule has 0 unspecified atom stereocenters. The van der Waals surface area contributed by atoms with Gasteiger partial charge in [-0.2, -0.15) is 0 Å². The van der Waals surface area contributed by atoms with Gasteiger partial charge in [0.05, 0.1) is 0 Å². The summed E-state index contributed by atoms with van der Waals surface area (Å²) in [6.45, 7) is 0. The summed E-state index contributed by atoms with van der Waals surface area (Å²) in [5.74, 6) is 0. The summed E-state index contributed by atoms with van der Waals surface area (Å²) in [6, 6.07) is 8.24. The van der Waals surface area contributed by atoms with Gasteiger partial charge in [0, 0.05) is 4.47 Å². The van der Waals surface area contributed by atoms with Crippen LogP contribution in [-0.4, -0.2) is 6.26 Å². The molecule has 1 rings (SSSR count). The maximum atomic E-state index is 3.38. The summed E-state index contributed by atoms with van der Waals surface area (Å²) in [6.07, 6.45) is 4.15. The largest absolute Gasteiger partial charge is 0.138 e. The van der Waals surface area contributed by atoms with Crippen LogP contribution in [0, 0.1) is 0 Å². The van der Waals surface area contributed by atoms with Crippen LogP contribution in [0.15, 0.2) is 34.1 Å². The van der Waals surface area contributed by atoms with Crippen molar-refractivity contribution in [3.8, 4) is 0 Å². The fourth-order valence-electron chi connectivity index (χ4n) is 0.721. The Morgan fingerprint density at radius 2 is 1.91 bits per heavy atom. The molecule has 0 aromatic heterocycles. The third kappa shape index (κ3) is 3.12. The summed E-state index contributed by atoms with van der Waals surface area (Å²) in [4.78, 5) is 0. The smallest absolute Gasteiger partial charge is 0.0175 e. The van der Waals surface area contributed by atoms with Gasteiger partial charge in [-0.15, -0.1) is 11.8 Å². The Hall–Kier alpha value is -0.210. The first-order valence-corrected chi connectivity index (χ1v) is 5.36. The van der Waals surface area contributed by atoms with Gasteiger partial charge in [0.2, 0.25) is 0 Å². The lowest BCUT2D eigenvalue weighted by molar-refractivity contribution is 1.62. The highest BCUT2D eigenvalue weighted by atomic mass is 79.9. The summed E-state index contributed by atoms with van der Waals surface area (Å²) >= 11 is 5.09. The van der Waals surface area contributed by atoms with Crippen LogP contribution in [0.3, 0.4) is 0 Å². The van der Waals surface area contributed by atoms with Crippen molar-refractivity contribution < 1.29 is 0 Å². The molecule has 0 spiro atoms. The molecule has 0 N–H and O–H groups in total. The molecule has 0 radical (unpaired) electrons. The zero-order chi connectivity index (χ0) is 8.10. The summed E-state index contributed by atoms with van der Waals surface area (Å²) in [5, 5.41) is 2.07. The van der Waals surface area contributed by atoms with Gasteiger partial charge >= 0.3 is 0 Å². The van der Waals surface area contributed by atoms with Crippen molar-refractivity contribution in [2.24, 2.45) is 0 Å². The van der Waals surface area contributed by atoms with Gasteiger partial charge in [-0.05, 0) is 35.4 Å². The SMILES string of the molecule is CS/C=C/c1ccc(Br)cc1. The highest BCUT2D eigenvalue weighted by molar-refractivity contribution is 9.10. The van der Waals surface area contributed by atoms with Crippen molar-refractivity contribution >= 4 is 33.8 Å². The predicted molar refractivity (Wildman–Crippen MR) is 56.7 cm³/mol. The van der Waals surface area contributed by atoms with Crippen molar-refractivity contribution in [3.05, 3.63) is 39.7 Å². The molecule has 0 aliphatic heterocycles. The van der Waals surface area contributed by atoms with Crippen LogP contribution in [-0.2, 0) is 0 Å². The molecule has 11 heavy (non-hydrogen) atoms. The third-order valence-corrected chi connectivity index (χ3v) is 2.20. The summed E-state index contributed by atoms with van der Waals surface area (Å²) in [5.41, 5.74) is 1.24. The van der Waals surface area contributed by atoms with Gasteiger partial charge in [0.15, 0.2) is 0 Å². The van der Waals surface area contributed by atoms with E-state index >= 15 is 0 Å². The van der Waals surface area contributed by atoms with Crippen molar-refractivity contribution in [1.29, 1.82) is 0 Å². The number of rotatable bonds is 2. The number of thioether (sulfide) groups is 1. The molecular formula is C9H9BrS. The fraction of sp³-hybridized carbons (Fsp3) is 0.111. The van der Waals surface area contributed by atoms with Crippen molar-refractivity contribution in [2.75, 3.05) is 6.26 Å². The lowest BCUT2D eigenvalue weighted by Crippen LogP contribution is -1.68. The lowest BCUT2D eigenvalue weighted by Gasteiger charge is -1.91. The molecule has 0 fully saturated rings. The van der Waals surface area contributed by atoms with Gasteiger partial charge in [-0.3, -0.25) is 0 Å². The van der Waals surface area contributed by atoms with E-state index in [0.717, 1.165) is 4.47 Å². The Kier molecular flexibility index (Phi) is 3.73. The standard InChI is InChI=1S/C9H9BrS/c1-11-7-6-8-2-4-9(10)5-3-8/h2-7H,1H3/b7-6+. The van der Waals surface area contributed by atoms with Gasteiger partial charge in [-0.25, -0.2) is 0 Å². The molecule has 2 heteroatoms. The van der Waals surface area contributed by atoms with Gasteiger partial charge < -0.3 is 0 Å². The van der Waals surface area contributed by atoms with E-state index in [0.29, 0.717) is 0 Å². The van der Waals surface area contributed by atoms with Crippen LogP contribution in [0.1, 0.15) is 5.56 Å². The first-order chi connectivity index (χ1) is 5.33. The van der Waals surface area contributed by atoms with Gasteiger partial charge in [-0.1, -0.05) is 28.1 Å². The second-order valence-electron chi connectivity index (χ2n) is 2.09. The highest BCUT2D eigenvalue weighted by Gasteiger charge is 1.85. The fourth-order valence-corrected chi connectivity index (χ4v) is 1.28. The molecule has 0 aliphatic rings. The molecule has 58 valence electrons. The van der Waals surface area contributed by atoms with E-state index in [1.54, 1.807) is 11.8 Å². The van der Waals surface area contributed by atoms with E-state index in [1.165, 1.54) is 5.56 Å². The topological polar surface area (TPSA) is 0 Å².